The Morgan fingerprint density at radius 1 is 1.30 bits per heavy atom. The molecular formula is C14H13BrN2O3. The van der Waals surface area contributed by atoms with Gasteiger partial charge in [-0.1, -0.05) is 18.2 Å². The fourth-order valence-electron chi connectivity index (χ4n) is 1.80. The third kappa shape index (κ3) is 3.27. The molecule has 0 atom stereocenters. The number of benzene rings is 2. The maximum atomic E-state index is 10.7. The normalized spacial score (nSPS) is 10.1. The molecule has 0 aliphatic heterocycles. The first kappa shape index (κ1) is 14.3. The minimum absolute atomic E-state index is 0.0553. The van der Waals surface area contributed by atoms with E-state index in [9.17, 15) is 10.1 Å². The Balaban J connectivity index is 2.13. The first-order valence-corrected chi connectivity index (χ1v) is 6.71. The van der Waals surface area contributed by atoms with Crippen LogP contribution in [-0.2, 0) is 6.54 Å². The third-order valence-corrected chi connectivity index (χ3v) is 3.48. The van der Waals surface area contributed by atoms with Crippen molar-refractivity contribution in [3.63, 3.8) is 0 Å². The number of hydrogen-bond acceptors (Lipinski definition) is 4. The zero-order chi connectivity index (χ0) is 14.5. The van der Waals surface area contributed by atoms with Crippen molar-refractivity contribution in [3.8, 4) is 5.75 Å². The average Bonchev–Trinajstić information content (AvgIpc) is 2.46. The van der Waals surface area contributed by atoms with E-state index in [0.29, 0.717) is 11.0 Å². The van der Waals surface area contributed by atoms with E-state index in [1.807, 2.05) is 24.3 Å². The van der Waals surface area contributed by atoms with Crippen LogP contribution in [0.1, 0.15) is 5.56 Å². The largest absolute Gasteiger partial charge is 0.496 e. The highest BCUT2D eigenvalue weighted by Gasteiger charge is 2.09. The highest BCUT2D eigenvalue weighted by Crippen LogP contribution is 2.28. The van der Waals surface area contributed by atoms with E-state index < -0.39 is 4.92 Å². The molecule has 104 valence electrons. The van der Waals surface area contributed by atoms with E-state index in [1.165, 1.54) is 12.1 Å². The molecule has 20 heavy (non-hydrogen) atoms. The second-order valence-corrected chi connectivity index (χ2v) is 4.94. The van der Waals surface area contributed by atoms with Gasteiger partial charge in [-0.05, 0) is 28.1 Å². The van der Waals surface area contributed by atoms with Crippen molar-refractivity contribution >= 4 is 27.3 Å². The third-order valence-electron chi connectivity index (χ3n) is 2.83. The molecule has 2 aromatic rings. The first-order chi connectivity index (χ1) is 9.61. The topological polar surface area (TPSA) is 64.4 Å². The van der Waals surface area contributed by atoms with Gasteiger partial charge in [-0.3, -0.25) is 10.1 Å². The van der Waals surface area contributed by atoms with Gasteiger partial charge in [0.1, 0.15) is 5.75 Å². The van der Waals surface area contributed by atoms with Gasteiger partial charge < -0.3 is 10.1 Å². The standard InChI is InChI=1S/C14H13BrN2O3/c1-20-14-5-3-2-4-10(14)9-16-13-7-6-11(17(18)19)8-12(13)15/h2-8,16H,9H2,1H3. The summed E-state index contributed by atoms with van der Waals surface area (Å²) in [5, 5.41) is 13.9. The van der Waals surface area contributed by atoms with Crippen LogP contribution in [0.2, 0.25) is 0 Å². The highest BCUT2D eigenvalue weighted by atomic mass is 79.9. The predicted molar refractivity (Wildman–Crippen MR) is 81.1 cm³/mol. The monoisotopic (exact) mass is 336 g/mol. The SMILES string of the molecule is COc1ccccc1CNc1ccc([N+](=O)[O-])cc1Br. The number of anilines is 1. The Morgan fingerprint density at radius 2 is 2.05 bits per heavy atom. The molecule has 6 heteroatoms. The molecule has 0 aromatic heterocycles. The maximum absolute atomic E-state index is 10.7. The number of ether oxygens (including phenoxy) is 1. The lowest BCUT2D eigenvalue weighted by Crippen LogP contribution is -2.02. The fourth-order valence-corrected chi connectivity index (χ4v) is 2.31. The molecule has 0 bridgehead atoms. The van der Waals surface area contributed by atoms with Gasteiger partial charge in [0.2, 0.25) is 0 Å². The van der Waals surface area contributed by atoms with Crippen LogP contribution >= 0.6 is 15.9 Å². The smallest absolute Gasteiger partial charge is 0.270 e. The lowest BCUT2D eigenvalue weighted by molar-refractivity contribution is -0.384. The maximum Gasteiger partial charge on any atom is 0.270 e. The van der Waals surface area contributed by atoms with Crippen molar-refractivity contribution < 1.29 is 9.66 Å². The minimum atomic E-state index is -0.422. The number of nitro benzene ring substituents is 1. The van der Waals surface area contributed by atoms with Crippen molar-refractivity contribution in [3.05, 3.63) is 62.6 Å². The number of para-hydroxylation sites is 1. The summed E-state index contributed by atoms with van der Waals surface area (Å²) in [6.07, 6.45) is 0. The van der Waals surface area contributed by atoms with Gasteiger partial charge in [0, 0.05) is 34.4 Å². The van der Waals surface area contributed by atoms with E-state index in [0.717, 1.165) is 17.0 Å². The van der Waals surface area contributed by atoms with Crippen molar-refractivity contribution in [1.82, 2.24) is 0 Å². The molecule has 0 aliphatic rings. The lowest BCUT2D eigenvalue weighted by atomic mass is 10.2. The average molecular weight is 337 g/mol. The number of methoxy groups -OCH3 is 1. The molecule has 2 aromatic carbocycles. The Kier molecular flexibility index (Phi) is 4.57. The Bertz CT molecular complexity index is 632. The summed E-state index contributed by atoms with van der Waals surface area (Å²) >= 11 is 3.33. The molecule has 0 radical (unpaired) electrons. The van der Waals surface area contributed by atoms with Crippen LogP contribution in [0.15, 0.2) is 46.9 Å². The molecule has 1 N–H and O–H groups in total. The highest BCUT2D eigenvalue weighted by molar-refractivity contribution is 9.10. The summed E-state index contributed by atoms with van der Waals surface area (Å²) in [5.41, 5.74) is 1.86. The van der Waals surface area contributed by atoms with E-state index in [-0.39, 0.29) is 5.69 Å². The first-order valence-electron chi connectivity index (χ1n) is 5.91. The fraction of sp³-hybridized carbons (Fsp3) is 0.143. The number of halogens is 1. The number of rotatable bonds is 5. The van der Waals surface area contributed by atoms with E-state index >= 15 is 0 Å². The Morgan fingerprint density at radius 3 is 2.70 bits per heavy atom. The van der Waals surface area contributed by atoms with Crippen molar-refractivity contribution in [2.45, 2.75) is 6.54 Å². The van der Waals surface area contributed by atoms with E-state index in [4.69, 9.17) is 4.74 Å². The number of hydrogen-bond donors (Lipinski definition) is 1. The quantitative estimate of drug-likeness (QED) is 0.662. The van der Waals surface area contributed by atoms with Crippen molar-refractivity contribution in [1.29, 1.82) is 0 Å². The van der Waals surface area contributed by atoms with Gasteiger partial charge in [-0.2, -0.15) is 0 Å². The van der Waals surface area contributed by atoms with E-state index in [2.05, 4.69) is 21.2 Å². The van der Waals surface area contributed by atoms with Gasteiger partial charge in [0.05, 0.1) is 12.0 Å². The van der Waals surface area contributed by atoms with Gasteiger partial charge in [0.15, 0.2) is 0 Å². The van der Waals surface area contributed by atoms with Gasteiger partial charge in [-0.25, -0.2) is 0 Å². The molecular weight excluding hydrogens is 324 g/mol. The summed E-state index contributed by atoms with van der Waals surface area (Å²) in [6.45, 7) is 0.570. The van der Waals surface area contributed by atoms with Crippen LogP contribution in [0.3, 0.4) is 0 Å². The predicted octanol–water partition coefficient (Wildman–Crippen LogP) is 3.98. The second-order valence-electron chi connectivity index (χ2n) is 4.09. The zero-order valence-corrected chi connectivity index (χ0v) is 12.4. The minimum Gasteiger partial charge on any atom is -0.496 e. The molecule has 0 saturated heterocycles. The Labute approximate surface area is 124 Å². The second kappa shape index (κ2) is 6.38. The summed E-state index contributed by atoms with van der Waals surface area (Å²) in [5.74, 6) is 0.804. The number of non-ortho nitro benzene ring substituents is 1. The lowest BCUT2D eigenvalue weighted by Gasteiger charge is -2.11. The van der Waals surface area contributed by atoms with Crippen LogP contribution in [-0.4, -0.2) is 12.0 Å². The van der Waals surface area contributed by atoms with Crippen LogP contribution in [0, 0.1) is 10.1 Å². The van der Waals surface area contributed by atoms with Gasteiger partial charge in [-0.15, -0.1) is 0 Å². The summed E-state index contributed by atoms with van der Waals surface area (Å²) in [4.78, 5) is 10.3. The molecule has 0 spiro atoms. The Hall–Kier alpha value is -2.08. The van der Waals surface area contributed by atoms with Gasteiger partial charge >= 0.3 is 0 Å². The van der Waals surface area contributed by atoms with Crippen molar-refractivity contribution in [2.24, 2.45) is 0 Å². The molecule has 0 saturated carbocycles. The van der Waals surface area contributed by atoms with Crippen LogP contribution < -0.4 is 10.1 Å². The molecule has 0 aliphatic carbocycles. The molecule has 0 fully saturated rings. The van der Waals surface area contributed by atoms with Gasteiger partial charge in [0.25, 0.3) is 5.69 Å². The molecule has 2 rings (SSSR count). The molecule has 0 heterocycles. The number of nitro groups is 1. The van der Waals surface area contributed by atoms with E-state index in [1.54, 1.807) is 13.2 Å². The van der Waals surface area contributed by atoms with Crippen molar-refractivity contribution in [2.75, 3.05) is 12.4 Å². The van der Waals surface area contributed by atoms with Crippen LogP contribution in [0.25, 0.3) is 0 Å². The van der Waals surface area contributed by atoms with Crippen LogP contribution in [0.5, 0.6) is 5.75 Å². The summed E-state index contributed by atoms with van der Waals surface area (Å²) < 4.78 is 5.93. The summed E-state index contributed by atoms with van der Waals surface area (Å²) in [7, 11) is 1.63. The molecule has 0 amide bonds. The molecule has 5 nitrogen and oxygen atoms in total. The zero-order valence-electron chi connectivity index (χ0n) is 10.8. The van der Waals surface area contributed by atoms with Crippen LogP contribution in [0.4, 0.5) is 11.4 Å². The molecule has 0 unspecified atom stereocenters. The number of nitrogens with one attached hydrogen (secondary N) is 1. The number of nitrogens with zero attached hydrogens (tertiary/aromatic N) is 1. The summed E-state index contributed by atoms with van der Waals surface area (Å²) in [6, 6.07) is 12.3.